The van der Waals surface area contributed by atoms with Gasteiger partial charge < -0.3 is 10.4 Å². The highest BCUT2D eigenvalue weighted by Gasteiger charge is 2.22. The summed E-state index contributed by atoms with van der Waals surface area (Å²) in [5, 5.41) is 22.8. The first kappa shape index (κ1) is 13.6. The lowest BCUT2D eigenvalue weighted by Crippen LogP contribution is -2.09. The zero-order valence-corrected chi connectivity index (χ0v) is 10.8. The first-order valence-electron chi connectivity index (χ1n) is 5.94. The van der Waals surface area contributed by atoms with Gasteiger partial charge in [-0.25, -0.2) is 4.79 Å². The van der Waals surface area contributed by atoms with E-state index >= 15 is 0 Å². The summed E-state index contributed by atoms with van der Waals surface area (Å²) in [7, 11) is 0. The highest BCUT2D eigenvalue weighted by molar-refractivity contribution is 6.34. The van der Waals surface area contributed by atoms with E-state index < -0.39 is 10.9 Å². The molecule has 19 heavy (non-hydrogen) atoms. The smallest absolute Gasteiger partial charge is 0.338 e. The lowest BCUT2D eigenvalue weighted by atomic mass is 10.1. The molecule has 1 saturated carbocycles. The number of hydrogen-bond acceptors (Lipinski definition) is 4. The number of anilines is 1. The first-order chi connectivity index (χ1) is 8.99. The van der Waals surface area contributed by atoms with Crippen LogP contribution in [0, 0.1) is 16.0 Å². The molecule has 0 spiro atoms. The molecule has 1 aliphatic rings. The van der Waals surface area contributed by atoms with Gasteiger partial charge in [-0.15, -0.1) is 0 Å². The summed E-state index contributed by atoms with van der Waals surface area (Å²) in [4.78, 5) is 21.2. The number of carbonyl (C=O) groups is 1. The number of halogens is 1. The van der Waals surface area contributed by atoms with Gasteiger partial charge in [0.15, 0.2) is 0 Å². The van der Waals surface area contributed by atoms with Crippen LogP contribution in [0.2, 0.25) is 5.02 Å². The van der Waals surface area contributed by atoms with Gasteiger partial charge in [0.05, 0.1) is 21.2 Å². The summed E-state index contributed by atoms with van der Waals surface area (Å²) < 4.78 is 0. The fourth-order valence-electron chi connectivity index (χ4n) is 1.85. The lowest BCUT2D eigenvalue weighted by Gasteiger charge is -2.11. The number of nitrogens with one attached hydrogen (secondary N) is 1. The highest BCUT2D eigenvalue weighted by atomic mass is 35.5. The summed E-state index contributed by atoms with van der Waals surface area (Å²) in [5.74, 6) is -0.530. The van der Waals surface area contributed by atoms with Crippen LogP contribution in [-0.2, 0) is 0 Å². The van der Waals surface area contributed by atoms with Crippen LogP contribution in [-0.4, -0.2) is 22.5 Å². The Morgan fingerprint density at radius 2 is 2.21 bits per heavy atom. The van der Waals surface area contributed by atoms with Crippen LogP contribution in [0.5, 0.6) is 0 Å². The number of nitro benzene ring substituents is 1. The molecule has 1 aliphatic carbocycles. The van der Waals surface area contributed by atoms with E-state index in [0.29, 0.717) is 12.5 Å². The SMILES string of the molecule is O=C(O)c1cc([N+](=O)[O-])cc(Cl)c1NCCC1CC1. The number of rotatable bonds is 6. The summed E-state index contributed by atoms with van der Waals surface area (Å²) >= 11 is 5.92. The molecule has 0 atom stereocenters. The molecule has 7 heteroatoms. The summed E-state index contributed by atoms with van der Waals surface area (Å²) in [6.45, 7) is 0.614. The molecule has 1 fully saturated rings. The number of carboxylic acid groups (broad SMARTS) is 1. The number of non-ortho nitro benzene ring substituents is 1. The molecule has 0 aliphatic heterocycles. The predicted octanol–water partition coefficient (Wildman–Crippen LogP) is 3.16. The van der Waals surface area contributed by atoms with E-state index in [1.807, 2.05) is 0 Å². The largest absolute Gasteiger partial charge is 0.478 e. The van der Waals surface area contributed by atoms with E-state index in [4.69, 9.17) is 16.7 Å². The van der Waals surface area contributed by atoms with Gasteiger partial charge in [-0.05, 0) is 12.3 Å². The molecule has 0 saturated heterocycles. The number of hydrogen-bond donors (Lipinski definition) is 2. The van der Waals surface area contributed by atoms with Gasteiger partial charge in [0.1, 0.15) is 0 Å². The monoisotopic (exact) mass is 284 g/mol. The Morgan fingerprint density at radius 1 is 1.53 bits per heavy atom. The van der Waals surface area contributed by atoms with Crippen LogP contribution >= 0.6 is 11.6 Å². The van der Waals surface area contributed by atoms with Crippen molar-refractivity contribution in [3.63, 3.8) is 0 Å². The predicted molar refractivity (Wildman–Crippen MR) is 70.9 cm³/mol. The molecule has 0 aromatic heterocycles. The van der Waals surface area contributed by atoms with Crippen LogP contribution in [0.4, 0.5) is 11.4 Å². The van der Waals surface area contributed by atoms with E-state index in [9.17, 15) is 14.9 Å². The Kier molecular flexibility index (Phi) is 3.90. The molecule has 0 radical (unpaired) electrons. The molecule has 1 aromatic carbocycles. The van der Waals surface area contributed by atoms with E-state index in [1.165, 1.54) is 12.8 Å². The molecule has 0 bridgehead atoms. The minimum absolute atomic E-state index is 0.0578. The van der Waals surface area contributed by atoms with Crippen LogP contribution in [0.3, 0.4) is 0 Å². The fourth-order valence-corrected chi connectivity index (χ4v) is 2.13. The normalized spacial score (nSPS) is 14.2. The van der Waals surface area contributed by atoms with Crippen molar-refractivity contribution >= 4 is 28.9 Å². The Hall–Kier alpha value is -1.82. The molecule has 2 rings (SSSR count). The van der Waals surface area contributed by atoms with Crippen LogP contribution < -0.4 is 5.32 Å². The summed E-state index contributed by atoms with van der Waals surface area (Å²) in [5.41, 5.74) is -0.245. The standard InChI is InChI=1S/C12H13ClN2O4/c13-10-6-8(15(18)19)5-9(12(16)17)11(10)14-4-3-7-1-2-7/h5-7,14H,1-4H2,(H,16,17). The van der Waals surface area contributed by atoms with Gasteiger partial charge in [-0.3, -0.25) is 10.1 Å². The Morgan fingerprint density at radius 3 is 2.74 bits per heavy atom. The second-order valence-electron chi connectivity index (χ2n) is 4.57. The van der Waals surface area contributed by atoms with Gasteiger partial charge in [-0.2, -0.15) is 0 Å². The minimum Gasteiger partial charge on any atom is -0.478 e. The van der Waals surface area contributed by atoms with Crippen molar-refractivity contribution in [1.29, 1.82) is 0 Å². The van der Waals surface area contributed by atoms with Crippen molar-refractivity contribution < 1.29 is 14.8 Å². The van der Waals surface area contributed by atoms with E-state index in [2.05, 4.69) is 5.32 Å². The molecular weight excluding hydrogens is 272 g/mol. The number of nitro groups is 1. The average Bonchev–Trinajstić information content (AvgIpc) is 3.14. The zero-order valence-electron chi connectivity index (χ0n) is 10.1. The third-order valence-corrected chi connectivity index (χ3v) is 3.37. The fraction of sp³-hybridized carbons (Fsp3) is 0.417. The highest BCUT2D eigenvalue weighted by Crippen LogP contribution is 2.34. The number of benzene rings is 1. The second kappa shape index (κ2) is 5.44. The summed E-state index contributed by atoms with van der Waals surface area (Å²) in [6, 6.07) is 2.18. The Bertz CT molecular complexity index is 529. The summed E-state index contributed by atoms with van der Waals surface area (Å²) in [6.07, 6.45) is 3.37. The van der Waals surface area contributed by atoms with Crippen LogP contribution in [0.25, 0.3) is 0 Å². The molecule has 1 aromatic rings. The Balaban J connectivity index is 2.23. The average molecular weight is 285 g/mol. The van der Waals surface area contributed by atoms with Crippen LogP contribution in [0.1, 0.15) is 29.6 Å². The topological polar surface area (TPSA) is 92.5 Å². The van der Waals surface area contributed by atoms with Gasteiger partial charge in [0, 0.05) is 18.7 Å². The maximum atomic E-state index is 11.1. The quantitative estimate of drug-likeness (QED) is 0.618. The minimum atomic E-state index is -1.24. The first-order valence-corrected chi connectivity index (χ1v) is 6.32. The van der Waals surface area contributed by atoms with Crippen molar-refractivity contribution in [2.75, 3.05) is 11.9 Å². The van der Waals surface area contributed by atoms with Crippen molar-refractivity contribution in [3.05, 3.63) is 32.8 Å². The Labute approximate surface area is 114 Å². The number of aromatic carboxylic acids is 1. The number of carboxylic acids is 1. The van der Waals surface area contributed by atoms with E-state index in [-0.39, 0.29) is 22.0 Å². The third kappa shape index (κ3) is 3.35. The molecule has 0 heterocycles. The van der Waals surface area contributed by atoms with Gasteiger partial charge in [0.25, 0.3) is 5.69 Å². The zero-order chi connectivity index (χ0) is 14.0. The third-order valence-electron chi connectivity index (χ3n) is 3.07. The van der Waals surface area contributed by atoms with Gasteiger partial charge in [0.2, 0.25) is 0 Å². The maximum Gasteiger partial charge on any atom is 0.338 e. The van der Waals surface area contributed by atoms with E-state index in [0.717, 1.165) is 18.6 Å². The molecule has 2 N–H and O–H groups in total. The maximum absolute atomic E-state index is 11.1. The van der Waals surface area contributed by atoms with Crippen LogP contribution in [0.15, 0.2) is 12.1 Å². The number of nitrogens with zero attached hydrogens (tertiary/aromatic N) is 1. The molecule has 0 unspecified atom stereocenters. The van der Waals surface area contributed by atoms with Crippen molar-refractivity contribution in [2.24, 2.45) is 5.92 Å². The van der Waals surface area contributed by atoms with E-state index in [1.54, 1.807) is 0 Å². The van der Waals surface area contributed by atoms with Gasteiger partial charge in [-0.1, -0.05) is 24.4 Å². The molecular formula is C12H13ClN2O4. The lowest BCUT2D eigenvalue weighted by molar-refractivity contribution is -0.384. The van der Waals surface area contributed by atoms with Crippen molar-refractivity contribution in [1.82, 2.24) is 0 Å². The van der Waals surface area contributed by atoms with Crippen molar-refractivity contribution in [3.8, 4) is 0 Å². The van der Waals surface area contributed by atoms with Gasteiger partial charge >= 0.3 is 5.97 Å². The van der Waals surface area contributed by atoms with Crippen molar-refractivity contribution in [2.45, 2.75) is 19.3 Å². The second-order valence-corrected chi connectivity index (χ2v) is 4.98. The molecule has 102 valence electrons. The molecule has 0 amide bonds. The molecule has 6 nitrogen and oxygen atoms in total.